The van der Waals surface area contributed by atoms with Gasteiger partial charge in [-0.1, -0.05) is 12.1 Å². The van der Waals surface area contributed by atoms with Gasteiger partial charge in [0.1, 0.15) is 0 Å². The normalized spacial score (nSPS) is 10.3. The molecule has 2 rings (SSSR count). The number of aliphatic hydroxyl groups is 1. The largest absolute Gasteiger partial charge is 0.394 e. The van der Waals surface area contributed by atoms with Crippen molar-refractivity contribution in [2.75, 3.05) is 6.61 Å². The van der Waals surface area contributed by atoms with Crippen LogP contribution in [0.25, 0.3) is 11.3 Å². The molecule has 0 radical (unpaired) electrons. The van der Waals surface area contributed by atoms with Gasteiger partial charge in [-0.15, -0.1) is 0 Å². The predicted molar refractivity (Wildman–Crippen MR) is 60.6 cm³/mol. The second-order valence-electron chi connectivity index (χ2n) is 3.61. The lowest BCUT2D eigenvalue weighted by molar-refractivity contribution is 0.254. The second kappa shape index (κ2) is 4.25. The van der Waals surface area contributed by atoms with Gasteiger partial charge in [0, 0.05) is 18.8 Å². The first-order valence-electron chi connectivity index (χ1n) is 5.10. The highest BCUT2D eigenvalue weighted by molar-refractivity contribution is 5.60. The van der Waals surface area contributed by atoms with Crippen molar-refractivity contribution in [2.24, 2.45) is 7.05 Å². The molecule has 0 saturated carbocycles. The number of hydrogen-bond acceptors (Lipinski definition) is 2. The average Bonchev–Trinajstić information content (AvgIpc) is 2.34. The van der Waals surface area contributed by atoms with E-state index in [2.05, 4.69) is 6.07 Å². The summed E-state index contributed by atoms with van der Waals surface area (Å²) in [6.07, 6.45) is 1.98. The molecular formula is C12H13N3O. The lowest BCUT2D eigenvalue weighted by atomic mass is 10.1. The Morgan fingerprint density at radius 3 is 2.50 bits per heavy atom. The van der Waals surface area contributed by atoms with Crippen LogP contribution in [0.1, 0.15) is 5.56 Å². The number of aliphatic hydroxyl groups excluding tert-OH is 1. The third-order valence-corrected chi connectivity index (χ3v) is 2.64. The molecule has 1 N–H and O–H groups in total. The monoisotopic (exact) mass is 215 g/mol. The molecule has 0 fully saturated rings. The van der Waals surface area contributed by atoms with Crippen LogP contribution >= 0.6 is 0 Å². The third-order valence-electron chi connectivity index (χ3n) is 2.64. The van der Waals surface area contributed by atoms with Crippen LogP contribution in [0.3, 0.4) is 0 Å². The molecule has 16 heavy (non-hydrogen) atoms. The lowest BCUT2D eigenvalue weighted by Crippen LogP contribution is -2.22. The molecule has 0 saturated heterocycles. The third kappa shape index (κ3) is 1.73. The van der Waals surface area contributed by atoms with Gasteiger partial charge in [0.05, 0.1) is 30.5 Å². The Balaban J connectivity index is 2.24. The smallest absolute Gasteiger partial charge is 0.0991 e. The molecule has 0 unspecified atom stereocenters. The fourth-order valence-corrected chi connectivity index (χ4v) is 1.69. The van der Waals surface area contributed by atoms with Crippen LogP contribution < -0.4 is 0 Å². The number of nitrogens with zero attached hydrogens (tertiary/aromatic N) is 3. The number of aromatic nitrogens is 2. The van der Waals surface area contributed by atoms with Crippen LogP contribution in [0, 0.1) is 11.3 Å². The topological polar surface area (TPSA) is 53.9 Å². The SMILES string of the molecule is Cn1c(-c2ccc(C#N)cc2)cn1CCO. The minimum Gasteiger partial charge on any atom is -0.394 e. The summed E-state index contributed by atoms with van der Waals surface area (Å²) in [5.41, 5.74) is 2.84. The van der Waals surface area contributed by atoms with Gasteiger partial charge in [0.25, 0.3) is 0 Å². The summed E-state index contributed by atoms with van der Waals surface area (Å²) >= 11 is 0. The first-order chi connectivity index (χ1) is 7.76. The maximum atomic E-state index is 8.81. The van der Waals surface area contributed by atoms with E-state index in [4.69, 9.17) is 10.4 Å². The van der Waals surface area contributed by atoms with E-state index < -0.39 is 0 Å². The van der Waals surface area contributed by atoms with E-state index >= 15 is 0 Å². The molecule has 0 amide bonds. The van der Waals surface area contributed by atoms with Crippen molar-refractivity contribution in [2.45, 2.75) is 6.54 Å². The molecule has 4 nitrogen and oxygen atoms in total. The van der Waals surface area contributed by atoms with E-state index in [0.29, 0.717) is 12.1 Å². The molecule has 0 spiro atoms. The Hall–Kier alpha value is -1.99. The second-order valence-corrected chi connectivity index (χ2v) is 3.61. The van der Waals surface area contributed by atoms with Gasteiger partial charge in [-0.25, -0.2) is 0 Å². The summed E-state index contributed by atoms with van der Waals surface area (Å²) in [6, 6.07) is 9.56. The molecule has 2 aromatic rings. The summed E-state index contributed by atoms with van der Waals surface area (Å²) in [4.78, 5) is 0. The van der Waals surface area contributed by atoms with E-state index in [9.17, 15) is 0 Å². The highest BCUT2D eigenvalue weighted by Gasteiger charge is 2.08. The van der Waals surface area contributed by atoms with Crippen LogP contribution in [-0.4, -0.2) is 21.1 Å². The molecule has 1 aromatic heterocycles. The number of nitriles is 1. The Labute approximate surface area is 93.9 Å². The van der Waals surface area contributed by atoms with Gasteiger partial charge in [0.2, 0.25) is 0 Å². The molecule has 0 aliphatic carbocycles. The van der Waals surface area contributed by atoms with E-state index in [-0.39, 0.29) is 6.61 Å². The molecule has 4 heteroatoms. The molecule has 0 aliphatic heterocycles. The highest BCUT2D eigenvalue weighted by Crippen LogP contribution is 2.21. The van der Waals surface area contributed by atoms with Crippen LogP contribution in [0.15, 0.2) is 30.5 Å². The Bertz CT molecular complexity index is 513. The fourth-order valence-electron chi connectivity index (χ4n) is 1.69. The molecule has 82 valence electrons. The minimum absolute atomic E-state index is 0.140. The van der Waals surface area contributed by atoms with Gasteiger partial charge in [0.15, 0.2) is 0 Å². The first kappa shape index (κ1) is 10.5. The van der Waals surface area contributed by atoms with Crippen LogP contribution in [0.4, 0.5) is 0 Å². The van der Waals surface area contributed by atoms with E-state index in [1.807, 2.05) is 34.7 Å². The van der Waals surface area contributed by atoms with E-state index in [1.54, 1.807) is 12.1 Å². The zero-order valence-corrected chi connectivity index (χ0v) is 9.09. The number of benzene rings is 1. The Kier molecular flexibility index (Phi) is 2.80. The van der Waals surface area contributed by atoms with Gasteiger partial charge < -0.3 is 5.11 Å². The van der Waals surface area contributed by atoms with Gasteiger partial charge in [-0.2, -0.15) is 5.26 Å². The maximum Gasteiger partial charge on any atom is 0.0991 e. The van der Waals surface area contributed by atoms with Crippen LogP contribution in [-0.2, 0) is 13.6 Å². The zero-order chi connectivity index (χ0) is 11.5. The van der Waals surface area contributed by atoms with E-state index in [1.165, 1.54) is 0 Å². The first-order valence-corrected chi connectivity index (χ1v) is 5.10. The molecule has 0 bridgehead atoms. The lowest BCUT2D eigenvalue weighted by Gasteiger charge is -2.23. The van der Waals surface area contributed by atoms with Crippen molar-refractivity contribution in [1.29, 1.82) is 5.26 Å². The van der Waals surface area contributed by atoms with Crippen LogP contribution in [0.2, 0.25) is 0 Å². The molecular weight excluding hydrogens is 202 g/mol. The predicted octanol–water partition coefficient (Wildman–Crippen LogP) is 1.36. The standard InChI is InChI=1S/C12H13N3O/c1-14-12(9-15(14)6-7-16)11-4-2-10(8-13)3-5-11/h2-5,9,16H,6-7H2,1H3. The summed E-state index contributed by atoms with van der Waals surface area (Å²) in [6.45, 7) is 0.748. The maximum absolute atomic E-state index is 8.81. The van der Waals surface area contributed by atoms with Crippen LogP contribution in [0.5, 0.6) is 0 Å². The number of rotatable bonds is 3. The molecule has 1 aromatic carbocycles. The van der Waals surface area contributed by atoms with Gasteiger partial charge in [-0.05, 0) is 12.1 Å². The van der Waals surface area contributed by atoms with Crippen molar-refractivity contribution in [1.82, 2.24) is 9.36 Å². The van der Waals surface area contributed by atoms with Crippen molar-refractivity contribution in [3.05, 3.63) is 36.0 Å². The highest BCUT2D eigenvalue weighted by atomic mass is 16.3. The summed E-state index contributed by atoms with van der Waals surface area (Å²) in [5, 5.41) is 17.5. The Morgan fingerprint density at radius 2 is 2.00 bits per heavy atom. The molecule has 1 heterocycles. The minimum atomic E-state index is 0.140. The van der Waals surface area contributed by atoms with Crippen molar-refractivity contribution < 1.29 is 5.11 Å². The molecule has 0 atom stereocenters. The number of hydrogen-bond donors (Lipinski definition) is 1. The van der Waals surface area contributed by atoms with Crippen molar-refractivity contribution in [3.63, 3.8) is 0 Å². The van der Waals surface area contributed by atoms with E-state index in [0.717, 1.165) is 11.3 Å². The zero-order valence-electron chi connectivity index (χ0n) is 9.09. The summed E-state index contributed by atoms with van der Waals surface area (Å²) in [5.74, 6) is 0. The fraction of sp³-hybridized carbons (Fsp3) is 0.250. The van der Waals surface area contributed by atoms with Crippen molar-refractivity contribution >= 4 is 0 Å². The molecule has 0 aliphatic rings. The van der Waals surface area contributed by atoms with Crippen molar-refractivity contribution in [3.8, 4) is 17.3 Å². The Morgan fingerprint density at radius 1 is 1.31 bits per heavy atom. The summed E-state index contributed by atoms with van der Waals surface area (Å²) < 4.78 is 3.92. The van der Waals surface area contributed by atoms with Gasteiger partial charge >= 0.3 is 0 Å². The van der Waals surface area contributed by atoms with Gasteiger partial charge in [-0.3, -0.25) is 9.36 Å². The average molecular weight is 215 g/mol. The summed E-state index contributed by atoms with van der Waals surface area (Å²) in [7, 11) is 1.95. The quantitative estimate of drug-likeness (QED) is 0.840.